The summed E-state index contributed by atoms with van der Waals surface area (Å²) in [6.45, 7) is 6.46. The van der Waals surface area contributed by atoms with Crippen molar-refractivity contribution in [2.24, 2.45) is 0 Å². The third-order valence-electron chi connectivity index (χ3n) is 3.23. The molecule has 0 aromatic carbocycles. The minimum atomic E-state index is -0.439. The number of anilines is 1. The molecule has 1 atom stereocenters. The summed E-state index contributed by atoms with van der Waals surface area (Å²) in [4.78, 5) is 18.4. The summed E-state index contributed by atoms with van der Waals surface area (Å²) < 4.78 is 4.66. The lowest BCUT2D eigenvalue weighted by molar-refractivity contribution is 0.0606. The van der Waals surface area contributed by atoms with E-state index in [-0.39, 0.29) is 5.15 Å². The Balaban J connectivity index is 1.99. The molecule has 1 aromatic heterocycles. The fourth-order valence-corrected chi connectivity index (χ4v) is 3.31. The van der Waals surface area contributed by atoms with Gasteiger partial charge in [-0.05, 0) is 20.3 Å². The molecule has 0 aliphatic carbocycles. The second-order valence-corrected chi connectivity index (χ2v) is 6.21. The van der Waals surface area contributed by atoms with E-state index in [1.807, 2.05) is 0 Å². The number of nitrogens with one attached hydrogen (secondary N) is 1. The number of carbonyl (C=O) groups is 1. The van der Waals surface area contributed by atoms with Gasteiger partial charge in [0.25, 0.3) is 0 Å². The van der Waals surface area contributed by atoms with Gasteiger partial charge in [-0.1, -0.05) is 22.9 Å². The number of likely N-dealkylation sites (tertiary alicyclic amines) is 1. The number of thiazole rings is 1. The van der Waals surface area contributed by atoms with E-state index in [2.05, 4.69) is 33.8 Å². The molecule has 1 aliphatic heterocycles. The lowest BCUT2D eigenvalue weighted by Crippen LogP contribution is -2.31. The molecule has 0 spiro atoms. The van der Waals surface area contributed by atoms with Gasteiger partial charge < -0.3 is 10.1 Å². The van der Waals surface area contributed by atoms with Crippen LogP contribution in [0.2, 0.25) is 5.15 Å². The van der Waals surface area contributed by atoms with Crippen LogP contribution < -0.4 is 5.32 Å². The molecule has 7 heteroatoms. The van der Waals surface area contributed by atoms with Gasteiger partial charge in [-0.25, -0.2) is 9.78 Å². The molecule has 2 rings (SSSR count). The Morgan fingerprint density at radius 2 is 2.37 bits per heavy atom. The minimum Gasteiger partial charge on any atom is -0.465 e. The van der Waals surface area contributed by atoms with Crippen LogP contribution in [0.1, 0.15) is 29.9 Å². The zero-order chi connectivity index (χ0) is 14.0. The highest BCUT2D eigenvalue weighted by atomic mass is 35.5. The highest BCUT2D eigenvalue weighted by molar-refractivity contribution is 7.18. The van der Waals surface area contributed by atoms with Crippen LogP contribution in [0.4, 0.5) is 5.13 Å². The average molecular weight is 304 g/mol. The molecule has 19 heavy (non-hydrogen) atoms. The molecule has 1 fully saturated rings. The summed E-state index contributed by atoms with van der Waals surface area (Å²) in [6.07, 6.45) is 1.07. The zero-order valence-electron chi connectivity index (χ0n) is 11.3. The van der Waals surface area contributed by atoms with Crippen molar-refractivity contribution >= 4 is 34.0 Å². The van der Waals surface area contributed by atoms with Crippen molar-refractivity contribution in [3.63, 3.8) is 0 Å². The average Bonchev–Trinajstić information content (AvgIpc) is 2.96. The molecule has 0 saturated carbocycles. The van der Waals surface area contributed by atoms with Gasteiger partial charge in [0.1, 0.15) is 0 Å². The number of ether oxygens (including phenoxy) is 1. The number of methoxy groups -OCH3 is 1. The molecule has 0 amide bonds. The smallest absolute Gasteiger partial charge is 0.351 e. The number of rotatable bonds is 4. The van der Waals surface area contributed by atoms with E-state index < -0.39 is 5.97 Å². The maximum atomic E-state index is 11.5. The molecule has 0 radical (unpaired) electrons. The largest absolute Gasteiger partial charge is 0.465 e. The first-order valence-electron chi connectivity index (χ1n) is 6.26. The van der Waals surface area contributed by atoms with Crippen molar-refractivity contribution in [1.29, 1.82) is 0 Å². The summed E-state index contributed by atoms with van der Waals surface area (Å²) in [5.41, 5.74) is 0. The van der Waals surface area contributed by atoms with Gasteiger partial charge >= 0.3 is 5.97 Å². The monoisotopic (exact) mass is 303 g/mol. The van der Waals surface area contributed by atoms with Crippen molar-refractivity contribution in [2.45, 2.75) is 32.4 Å². The molecular weight excluding hydrogens is 286 g/mol. The van der Waals surface area contributed by atoms with Gasteiger partial charge in [0, 0.05) is 25.2 Å². The Morgan fingerprint density at radius 1 is 1.63 bits per heavy atom. The van der Waals surface area contributed by atoms with Gasteiger partial charge in [0.2, 0.25) is 0 Å². The number of hydrogen-bond donors (Lipinski definition) is 1. The fraction of sp³-hybridized carbons (Fsp3) is 0.667. The normalized spacial score (nSPS) is 19.9. The molecule has 0 unspecified atom stereocenters. The summed E-state index contributed by atoms with van der Waals surface area (Å²) in [5, 5.41) is 4.23. The second kappa shape index (κ2) is 6.07. The quantitative estimate of drug-likeness (QED) is 0.866. The Hall–Kier alpha value is -0.850. The molecule has 1 aliphatic rings. The minimum absolute atomic E-state index is 0.207. The van der Waals surface area contributed by atoms with E-state index in [0.29, 0.717) is 22.1 Å². The predicted octanol–water partition coefficient (Wildman–Crippen LogP) is 2.48. The van der Waals surface area contributed by atoms with Crippen LogP contribution in [0.5, 0.6) is 0 Å². The van der Waals surface area contributed by atoms with Crippen LogP contribution in [0.3, 0.4) is 0 Å². The molecule has 1 aromatic rings. The lowest BCUT2D eigenvalue weighted by Gasteiger charge is -2.20. The topological polar surface area (TPSA) is 54.5 Å². The summed E-state index contributed by atoms with van der Waals surface area (Å²) >= 11 is 7.17. The first-order chi connectivity index (χ1) is 9.01. The molecule has 106 valence electrons. The van der Waals surface area contributed by atoms with E-state index in [1.165, 1.54) is 18.4 Å². The van der Waals surface area contributed by atoms with E-state index in [4.69, 9.17) is 11.6 Å². The maximum Gasteiger partial charge on any atom is 0.351 e. The van der Waals surface area contributed by atoms with E-state index in [1.54, 1.807) is 0 Å². The SMILES string of the molecule is COC(=O)c1sc(N[C@H]2CCN(C(C)C)C2)nc1Cl. The van der Waals surface area contributed by atoms with Crippen LogP contribution in [0, 0.1) is 0 Å². The van der Waals surface area contributed by atoms with Crippen LogP contribution in [0.15, 0.2) is 0 Å². The summed E-state index contributed by atoms with van der Waals surface area (Å²) in [6, 6.07) is 0.910. The zero-order valence-corrected chi connectivity index (χ0v) is 12.8. The number of nitrogens with zero attached hydrogens (tertiary/aromatic N) is 2. The van der Waals surface area contributed by atoms with Crippen LogP contribution in [0.25, 0.3) is 0 Å². The first kappa shape index (κ1) is 14.6. The van der Waals surface area contributed by atoms with Gasteiger partial charge in [-0.2, -0.15) is 0 Å². The fourth-order valence-electron chi connectivity index (χ4n) is 2.13. The van der Waals surface area contributed by atoms with Crippen molar-refractivity contribution in [1.82, 2.24) is 9.88 Å². The van der Waals surface area contributed by atoms with Gasteiger partial charge in [0.15, 0.2) is 15.2 Å². The summed E-state index contributed by atoms with van der Waals surface area (Å²) in [7, 11) is 1.34. The van der Waals surface area contributed by atoms with Crippen molar-refractivity contribution in [2.75, 3.05) is 25.5 Å². The second-order valence-electron chi connectivity index (χ2n) is 4.85. The molecule has 2 heterocycles. The highest BCUT2D eigenvalue weighted by Crippen LogP contribution is 2.29. The van der Waals surface area contributed by atoms with Crippen LogP contribution in [-0.4, -0.2) is 48.1 Å². The van der Waals surface area contributed by atoms with Crippen molar-refractivity contribution in [3.8, 4) is 0 Å². The van der Waals surface area contributed by atoms with Crippen LogP contribution in [-0.2, 0) is 4.74 Å². The molecule has 5 nitrogen and oxygen atoms in total. The Labute approximate surface area is 121 Å². The van der Waals surface area contributed by atoms with Crippen molar-refractivity contribution < 1.29 is 9.53 Å². The molecule has 0 bridgehead atoms. The lowest BCUT2D eigenvalue weighted by atomic mass is 10.3. The molecular formula is C12H18ClN3O2S. The Kier molecular flexibility index (Phi) is 4.65. The van der Waals surface area contributed by atoms with E-state index in [0.717, 1.165) is 19.5 Å². The number of carbonyl (C=O) groups excluding carboxylic acids is 1. The number of esters is 1. The van der Waals surface area contributed by atoms with E-state index >= 15 is 0 Å². The molecule has 1 N–H and O–H groups in total. The number of hydrogen-bond acceptors (Lipinski definition) is 6. The van der Waals surface area contributed by atoms with Crippen molar-refractivity contribution in [3.05, 3.63) is 10.0 Å². The van der Waals surface area contributed by atoms with Gasteiger partial charge in [-0.3, -0.25) is 4.90 Å². The van der Waals surface area contributed by atoms with Gasteiger partial charge in [0.05, 0.1) is 7.11 Å². The van der Waals surface area contributed by atoms with Gasteiger partial charge in [-0.15, -0.1) is 0 Å². The standard InChI is InChI=1S/C12H18ClN3O2S/c1-7(2)16-5-4-8(6-16)14-12-15-10(13)9(19-12)11(17)18-3/h7-8H,4-6H2,1-3H3,(H,14,15)/t8-/m0/s1. The Bertz CT molecular complexity index is 464. The Morgan fingerprint density at radius 3 is 2.95 bits per heavy atom. The maximum absolute atomic E-state index is 11.5. The third kappa shape index (κ3) is 3.38. The highest BCUT2D eigenvalue weighted by Gasteiger charge is 2.25. The number of aromatic nitrogens is 1. The van der Waals surface area contributed by atoms with E-state index in [9.17, 15) is 4.79 Å². The first-order valence-corrected chi connectivity index (χ1v) is 7.46. The summed E-state index contributed by atoms with van der Waals surface area (Å²) in [5.74, 6) is -0.439. The number of halogens is 1. The van der Waals surface area contributed by atoms with Crippen LogP contribution >= 0.6 is 22.9 Å². The third-order valence-corrected chi connectivity index (χ3v) is 4.59. The molecule has 1 saturated heterocycles. The predicted molar refractivity (Wildman–Crippen MR) is 77.2 cm³/mol.